The highest BCUT2D eigenvalue weighted by Gasteiger charge is 2.18. The summed E-state index contributed by atoms with van der Waals surface area (Å²) in [4.78, 5) is 0. The number of anilines is 1. The maximum Gasteiger partial charge on any atom is 0.188 e. The summed E-state index contributed by atoms with van der Waals surface area (Å²) in [6.07, 6.45) is 1.21. The Kier molecular flexibility index (Phi) is 5.52. The minimum Gasteiger partial charge on any atom is -0.488 e. The topological polar surface area (TPSA) is 76.4 Å². The second-order valence-corrected chi connectivity index (χ2v) is 8.26. The van der Waals surface area contributed by atoms with Crippen molar-refractivity contribution in [3.8, 4) is 28.5 Å². The summed E-state index contributed by atoms with van der Waals surface area (Å²) in [5.41, 5.74) is 3.98. The number of H-pyrrole nitrogens is 1. The molecule has 2 aromatic heterocycles. The van der Waals surface area contributed by atoms with E-state index in [0.29, 0.717) is 34.7 Å². The van der Waals surface area contributed by atoms with Gasteiger partial charge in [-0.25, -0.2) is 4.39 Å². The lowest BCUT2D eigenvalue weighted by Crippen LogP contribution is -2.08. The van der Waals surface area contributed by atoms with Gasteiger partial charge < -0.3 is 18.3 Å². The Morgan fingerprint density at radius 1 is 1.19 bits per heavy atom. The Labute approximate surface area is 182 Å². The number of nitrogens with one attached hydrogen (secondary N) is 1. The third-order valence-corrected chi connectivity index (χ3v) is 6.28. The van der Waals surface area contributed by atoms with Crippen LogP contribution < -0.4 is 9.04 Å². The Morgan fingerprint density at radius 2 is 2.06 bits per heavy atom. The summed E-state index contributed by atoms with van der Waals surface area (Å²) in [6.45, 7) is 1.71. The number of ether oxygens (including phenoxy) is 2. The minimum atomic E-state index is -0.471. The molecule has 0 spiro atoms. The van der Waals surface area contributed by atoms with Gasteiger partial charge >= 0.3 is 0 Å². The fraction of sp³-hybridized carbons (Fsp3) is 0.273. The van der Waals surface area contributed by atoms with Gasteiger partial charge in [0, 0.05) is 48.2 Å². The Hall–Kier alpha value is -3.04. The van der Waals surface area contributed by atoms with Crippen molar-refractivity contribution in [3.05, 3.63) is 48.3 Å². The summed E-state index contributed by atoms with van der Waals surface area (Å²) in [6, 6.07) is 13.0. The molecule has 0 bridgehead atoms. The predicted molar refractivity (Wildman–Crippen MR) is 119 cm³/mol. The van der Waals surface area contributed by atoms with Gasteiger partial charge in [0.1, 0.15) is 18.0 Å². The van der Waals surface area contributed by atoms with Crippen molar-refractivity contribution in [3.63, 3.8) is 0 Å². The van der Waals surface area contributed by atoms with Crippen molar-refractivity contribution >= 4 is 28.5 Å². The number of rotatable bonds is 7. The molecule has 2 aromatic carbocycles. The van der Waals surface area contributed by atoms with Crippen molar-refractivity contribution in [2.75, 3.05) is 36.9 Å². The Balaban J connectivity index is 1.39. The zero-order valence-electron chi connectivity index (χ0n) is 16.9. The van der Waals surface area contributed by atoms with E-state index in [1.165, 1.54) is 18.2 Å². The first-order valence-corrected chi connectivity index (χ1v) is 10.9. The molecule has 0 radical (unpaired) electrons. The van der Waals surface area contributed by atoms with Gasteiger partial charge in [0.25, 0.3) is 0 Å². The average Bonchev–Trinajstić information content (AvgIpc) is 3.55. The van der Waals surface area contributed by atoms with Crippen LogP contribution in [-0.4, -0.2) is 48.0 Å². The first-order chi connectivity index (χ1) is 15.2. The number of fused-ring (bicyclic) bond motifs is 1. The molecule has 0 amide bonds. The lowest BCUT2D eigenvalue weighted by molar-refractivity contribution is 0.144. The molecule has 1 fully saturated rings. The third kappa shape index (κ3) is 3.98. The van der Waals surface area contributed by atoms with E-state index in [4.69, 9.17) is 14.0 Å². The quantitative estimate of drug-likeness (QED) is 0.323. The van der Waals surface area contributed by atoms with Crippen LogP contribution in [0.25, 0.3) is 33.6 Å². The van der Waals surface area contributed by atoms with Crippen LogP contribution in [0.3, 0.4) is 0 Å². The highest BCUT2D eigenvalue weighted by Crippen LogP contribution is 2.34. The van der Waals surface area contributed by atoms with E-state index < -0.39 is 5.82 Å². The molecule has 1 aliphatic heterocycles. The van der Waals surface area contributed by atoms with Gasteiger partial charge in [0.2, 0.25) is 0 Å². The van der Waals surface area contributed by atoms with Crippen LogP contribution in [0.4, 0.5) is 10.1 Å². The number of nitrogens with zero attached hydrogens (tertiary/aromatic N) is 3. The Morgan fingerprint density at radius 3 is 2.84 bits per heavy atom. The number of hydrogen-bond donors (Lipinski definition) is 1. The third-order valence-electron chi connectivity index (χ3n) is 5.11. The smallest absolute Gasteiger partial charge is 0.188 e. The molecule has 0 unspecified atom stereocenters. The molecular weight excluding hydrogens is 419 g/mol. The zero-order valence-corrected chi connectivity index (χ0v) is 17.7. The Bertz CT molecular complexity index is 1190. The maximum absolute atomic E-state index is 14.5. The summed E-state index contributed by atoms with van der Waals surface area (Å²) in [5, 5.41) is 12.0. The highest BCUT2D eigenvalue weighted by atomic mass is 32.2. The predicted octanol–water partition coefficient (Wildman–Crippen LogP) is 4.91. The second kappa shape index (κ2) is 8.60. The van der Waals surface area contributed by atoms with Gasteiger partial charge in [0.05, 0.1) is 12.1 Å². The molecule has 1 aliphatic rings. The molecule has 5 rings (SSSR count). The van der Waals surface area contributed by atoms with Crippen LogP contribution in [0.5, 0.6) is 5.75 Å². The fourth-order valence-corrected chi connectivity index (χ4v) is 4.53. The molecule has 1 N–H and O–H groups in total. The molecule has 7 nitrogen and oxygen atoms in total. The monoisotopic (exact) mass is 440 g/mol. The van der Waals surface area contributed by atoms with Crippen molar-refractivity contribution in [2.24, 2.45) is 0 Å². The number of aromatic amines is 1. The van der Waals surface area contributed by atoms with Crippen LogP contribution in [0.2, 0.25) is 0 Å². The lowest BCUT2D eigenvalue weighted by Gasteiger charge is -2.15. The van der Waals surface area contributed by atoms with Crippen LogP contribution >= 0.6 is 11.9 Å². The zero-order chi connectivity index (χ0) is 21.2. The SMILES string of the molecule is COCCOc1cc2[nH]nc(-c3cc(-c4ccc(N5CCCS5)cc4)no3)c2cc1F. The molecule has 160 valence electrons. The number of hydrogen-bond acceptors (Lipinski definition) is 7. The van der Waals surface area contributed by atoms with Crippen molar-refractivity contribution in [2.45, 2.75) is 6.42 Å². The summed E-state index contributed by atoms with van der Waals surface area (Å²) in [5.74, 6) is 1.30. The second-order valence-electron chi connectivity index (χ2n) is 7.15. The number of methoxy groups -OCH3 is 1. The molecule has 0 aliphatic carbocycles. The van der Waals surface area contributed by atoms with Gasteiger partial charge in [-0.1, -0.05) is 17.3 Å². The van der Waals surface area contributed by atoms with Crippen molar-refractivity contribution < 1.29 is 18.4 Å². The first kappa shape index (κ1) is 19.9. The van der Waals surface area contributed by atoms with Crippen LogP contribution in [0, 0.1) is 5.82 Å². The van der Waals surface area contributed by atoms with E-state index in [0.717, 1.165) is 17.9 Å². The van der Waals surface area contributed by atoms with Gasteiger partial charge in [-0.15, -0.1) is 0 Å². The van der Waals surface area contributed by atoms with E-state index in [2.05, 4.69) is 31.8 Å². The van der Waals surface area contributed by atoms with Gasteiger partial charge in [-0.2, -0.15) is 5.10 Å². The van der Waals surface area contributed by atoms with Crippen LogP contribution in [0.1, 0.15) is 6.42 Å². The van der Waals surface area contributed by atoms with Gasteiger partial charge in [0.15, 0.2) is 17.3 Å². The minimum absolute atomic E-state index is 0.147. The molecule has 1 saturated heterocycles. The van der Waals surface area contributed by atoms with E-state index in [1.54, 1.807) is 13.2 Å². The lowest BCUT2D eigenvalue weighted by atomic mass is 10.1. The fourth-order valence-electron chi connectivity index (χ4n) is 3.52. The number of aromatic nitrogens is 3. The standard InChI is InChI=1S/C22H21FN4O3S/c1-28-8-9-29-20-13-19-16(11-17(20)23)22(25-24-19)21-12-18(26-30-21)14-3-5-15(6-4-14)27-7-2-10-31-27/h3-6,11-13H,2,7-10H2,1H3,(H,24,25). The molecular formula is C22H21FN4O3S. The summed E-state index contributed by atoms with van der Waals surface area (Å²) in [7, 11) is 1.57. The largest absolute Gasteiger partial charge is 0.488 e. The van der Waals surface area contributed by atoms with Crippen LogP contribution in [-0.2, 0) is 4.74 Å². The number of halogens is 1. The first-order valence-electron chi connectivity index (χ1n) is 10.0. The van der Waals surface area contributed by atoms with E-state index in [9.17, 15) is 4.39 Å². The molecule has 0 atom stereocenters. The van der Waals surface area contributed by atoms with E-state index in [-0.39, 0.29) is 12.4 Å². The molecule has 0 saturated carbocycles. The van der Waals surface area contributed by atoms with Crippen molar-refractivity contribution in [1.82, 2.24) is 15.4 Å². The average molecular weight is 441 g/mol. The maximum atomic E-state index is 14.5. The van der Waals surface area contributed by atoms with Crippen LogP contribution in [0.15, 0.2) is 47.0 Å². The summed E-state index contributed by atoms with van der Waals surface area (Å²) >= 11 is 1.85. The molecule has 9 heteroatoms. The van der Waals surface area contributed by atoms with Crippen molar-refractivity contribution in [1.29, 1.82) is 0 Å². The van der Waals surface area contributed by atoms with E-state index >= 15 is 0 Å². The summed E-state index contributed by atoms with van der Waals surface area (Å²) < 4.78 is 32.7. The van der Waals surface area contributed by atoms with E-state index in [1.807, 2.05) is 30.1 Å². The normalized spacial score (nSPS) is 13.9. The van der Waals surface area contributed by atoms with Gasteiger partial charge in [-0.05, 0) is 36.6 Å². The molecule has 4 aromatic rings. The van der Waals surface area contributed by atoms with Gasteiger partial charge in [-0.3, -0.25) is 5.10 Å². The molecule has 31 heavy (non-hydrogen) atoms. The molecule has 3 heterocycles. The number of benzene rings is 2. The highest BCUT2D eigenvalue weighted by molar-refractivity contribution is 8.00.